The lowest BCUT2D eigenvalue weighted by molar-refractivity contribution is -0.118. The second-order valence-corrected chi connectivity index (χ2v) is 7.50. The minimum absolute atomic E-state index is 0.0727. The van der Waals surface area contributed by atoms with Gasteiger partial charge in [0.1, 0.15) is 5.82 Å². The Hall–Kier alpha value is -2.46. The van der Waals surface area contributed by atoms with E-state index < -0.39 is 0 Å². The van der Waals surface area contributed by atoms with Crippen LogP contribution in [0, 0.1) is 5.82 Å². The monoisotopic (exact) mass is 391 g/mol. The number of rotatable bonds is 6. The van der Waals surface area contributed by atoms with E-state index in [4.69, 9.17) is 4.63 Å². The molecule has 3 N–H and O–H groups in total. The Bertz CT molecular complexity index is 883. The van der Waals surface area contributed by atoms with Gasteiger partial charge in [-0.3, -0.25) is 20.5 Å². The van der Waals surface area contributed by atoms with Crippen LogP contribution in [-0.4, -0.2) is 39.1 Å². The van der Waals surface area contributed by atoms with Crippen molar-refractivity contribution in [2.75, 3.05) is 5.75 Å². The van der Waals surface area contributed by atoms with Crippen molar-refractivity contribution in [3.8, 4) is 0 Å². The molecule has 1 atom stereocenters. The molecule has 0 saturated heterocycles. The maximum atomic E-state index is 13.6. The molecule has 2 aliphatic carbocycles. The molecule has 1 unspecified atom stereocenters. The molecule has 1 heterocycles. The number of hydrogen-bond acceptors (Lipinski definition) is 7. The smallest absolute Gasteiger partial charge is 0.230 e. The summed E-state index contributed by atoms with van der Waals surface area (Å²) < 4.78 is 18.3. The number of aromatic nitrogens is 2. The second kappa shape index (κ2) is 7.65. The minimum Gasteiger partial charge on any atom is -0.353 e. The van der Waals surface area contributed by atoms with Crippen LogP contribution in [0.5, 0.6) is 0 Å². The molecule has 142 valence electrons. The van der Waals surface area contributed by atoms with E-state index in [1.54, 1.807) is 6.07 Å². The SMILES string of the molecule is O=C(CSc1nonc1C(=NC1CCc2ccc(F)cc21)NO)NC1CC1. The number of halogens is 1. The summed E-state index contributed by atoms with van der Waals surface area (Å²) in [5.41, 5.74) is 4.06. The van der Waals surface area contributed by atoms with Gasteiger partial charge in [-0.05, 0) is 59.3 Å². The lowest BCUT2D eigenvalue weighted by Gasteiger charge is -2.09. The number of aliphatic imine (C=N–C) groups is 1. The number of amidine groups is 1. The maximum absolute atomic E-state index is 13.6. The molecule has 27 heavy (non-hydrogen) atoms. The summed E-state index contributed by atoms with van der Waals surface area (Å²) in [6.07, 6.45) is 3.51. The van der Waals surface area contributed by atoms with Crippen molar-refractivity contribution in [1.82, 2.24) is 21.1 Å². The number of nitrogens with one attached hydrogen (secondary N) is 2. The Labute approximate surface area is 158 Å². The van der Waals surface area contributed by atoms with E-state index in [1.807, 2.05) is 5.48 Å². The van der Waals surface area contributed by atoms with Crippen molar-refractivity contribution in [3.05, 3.63) is 40.8 Å². The molecule has 10 heteroatoms. The van der Waals surface area contributed by atoms with E-state index in [0.717, 1.165) is 42.2 Å². The van der Waals surface area contributed by atoms with Gasteiger partial charge in [0.05, 0.1) is 11.8 Å². The predicted octanol–water partition coefficient (Wildman–Crippen LogP) is 1.99. The molecular weight excluding hydrogens is 373 g/mol. The highest BCUT2D eigenvalue weighted by molar-refractivity contribution is 8.00. The number of hydrogen-bond donors (Lipinski definition) is 3. The first-order chi connectivity index (χ1) is 13.1. The molecule has 1 aromatic heterocycles. The van der Waals surface area contributed by atoms with Crippen molar-refractivity contribution < 1.29 is 19.0 Å². The number of amides is 1. The molecule has 1 saturated carbocycles. The molecule has 0 bridgehead atoms. The summed E-state index contributed by atoms with van der Waals surface area (Å²) in [7, 11) is 0. The van der Waals surface area contributed by atoms with Gasteiger partial charge in [0.15, 0.2) is 16.6 Å². The highest BCUT2D eigenvalue weighted by atomic mass is 32.2. The summed E-state index contributed by atoms with van der Waals surface area (Å²) in [6, 6.07) is 4.62. The van der Waals surface area contributed by atoms with Gasteiger partial charge in [-0.1, -0.05) is 17.8 Å². The van der Waals surface area contributed by atoms with Crippen molar-refractivity contribution in [2.45, 2.75) is 42.8 Å². The van der Waals surface area contributed by atoms with Gasteiger partial charge >= 0.3 is 0 Å². The van der Waals surface area contributed by atoms with Crippen LogP contribution in [0.25, 0.3) is 0 Å². The van der Waals surface area contributed by atoms with Gasteiger partial charge in [-0.25, -0.2) is 9.02 Å². The van der Waals surface area contributed by atoms with Crippen molar-refractivity contribution in [1.29, 1.82) is 0 Å². The summed E-state index contributed by atoms with van der Waals surface area (Å²) >= 11 is 1.15. The number of benzene rings is 1. The van der Waals surface area contributed by atoms with Gasteiger partial charge in [0.25, 0.3) is 0 Å². The number of carbonyl (C=O) groups is 1. The fraction of sp³-hybridized carbons (Fsp3) is 0.412. The number of hydroxylamine groups is 1. The number of carbonyl (C=O) groups excluding carboxylic acids is 1. The Morgan fingerprint density at radius 1 is 1.37 bits per heavy atom. The third kappa shape index (κ3) is 4.11. The van der Waals surface area contributed by atoms with Crippen LogP contribution in [-0.2, 0) is 11.2 Å². The van der Waals surface area contributed by atoms with Gasteiger partial charge in [0.2, 0.25) is 5.91 Å². The van der Waals surface area contributed by atoms with E-state index in [-0.39, 0.29) is 41.1 Å². The summed E-state index contributed by atoms with van der Waals surface area (Å²) in [5.74, 6) is -0.181. The van der Waals surface area contributed by atoms with Crippen molar-refractivity contribution in [2.24, 2.45) is 4.99 Å². The average molecular weight is 391 g/mol. The summed E-state index contributed by atoms with van der Waals surface area (Å²) in [5, 5.41) is 20.3. The van der Waals surface area contributed by atoms with Crippen LogP contribution in [0.3, 0.4) is 0 Å². The van der Waals surface area contributed by atoms with Gasteiger partial charge in [0, 0.05) is 6.04 Å². The number of thioether (sulfide) groups is 1. The molecule has 4 rings (SSSR count). The molecule has 1 amide bonds. The zero-order valence-corrected chi connectivity index (χ0v) is 15.1. The quantitative estimate of drug-likeness (QED) is 0.299. The Morgan fingerprint density at radius 2 is 2.22 bits per heavy atom. The molecule has 0 aliphatic heterocycles. The van der Waals surface area contributed by atoms with E-state index in [2.05, 4.69) is 20.6 Å². The molecule has 1 fully saturated rings. The maximum Gasteiger partial charge on any atom is 0.230 e. The highest BCUT2D eigenvalue weighted by Gasteiger charge is 2.26. The number of fused-ring (bicyclic) bond motifs is 1. The van der Waals surface area contributed by atoms with Crippen LogP contribution in [0.1, 0.15) is 42.1 Å². The Kier molecular flexibility index (Phi) is 5.08. The standard InChI is InChI=1S/C17H18FN5O3S/c18-10-3-1-9-2-6-13(12(9)7-10)20-16(21-25)15-17(23-26-22-15)27-8-14(24)19-11-4-5-11/h1,3,7,11,13,25H,2,4-6,8H2,(H,19,24)(H,20,21). The lowest BCUT2D eigenvalue weighted by atomic mass is 10.1. The average Bonchev–Trinajstić information content (AvgIpc) is 3.20. The van der Waals surface area contributed by atoms with Crippen molar-refractivity contribution >= 4 is 23.5 Å². The van der Waals surface area contributed by atoms with Crippen molar-refractivity contribution in [3.63, 3.8) is 0 Å². The summed E-state index contributed by atoms with van der Waals surface area (Å²) in [4.78, 5) is 16.3. The van der Waals surface area contributed by atoms with Gasteiger partial charge in [-0.2, -0.15) is 0 Å². The topological polar surface area (TPSA) is 113 Å². The molecule has 2 aliphatic rings. The van der Waals surface area contributed by atoms with Crippen LogP contribution >= 0.6 is 11.8 Å². The van der Waals surface area contributed by atoms with Gasteiger partial charge < -0.3 is 5.32 Å². The molecular formula is C17H18FN5O3S. The molecule has 8 nitrogen and oxygen atoms in total. The van der Waals surface area contributed by atoms with Crippen LogP contribution in [0.4, 0.5) is 4.39 Å². The fourth-order valence-electron chi connectivity index (χ4n) is 3.04. The largest absolute Gasteiger partial charge is 0.353 e. The first-order valence-corrected chi connectivity index (χ1v) is 9.64. The highest BCUT2D eigenvalue weighted by Crippen LogP contribution is 2.35. The van der Waals surface area contributed by atoms with E-state index in [9.17, 15) is 14.4 Å². The van der Waals surface area contributed by atoms with Crippen LogP contribution in [0.2, 0.25) is 0 Å². The number of nitrogens with zero attached hydrogens (tertiary/aromatic N) is 3. The molecule has 0 radical (unpaired) electrons. The summed E-state index contributed by atoms with van der Waals surface area (Å²) in [6.45, 7) is 0. The lowest BCUT2D eigenvalue weighted by Crippen LogP contribution is -2.27. The van der Waals surface area contributed by atoms with Gasteiger partial charge in [-0.15, -0.1) is 0 Å². The van der Waals surface area contributed by atoms with E-state index in [1.165, 1.54) is 12.1 Å². The first kappa shape index (κ1) is 17.9. The molecule has 1 aromatic carbocycles. The third-order valence-electron chi connectivity index (χ3n) is 4.51. The van der Waals surface area contributed by atoms with E-state index in [0.29, 0.717) is 11.4 Å². The predicted molar refractivity (Wildman–Crippen MR) is 95.1 cm³/mol. The zero-order chi connectivity index (χ0) is 18.8. The zero-order valence-electron chi connectivity index (χ0n) is 14.3. The Balaban J connectivity index is 1.50. The third-order valence-corrected chi connectivity index (χ3v) is 5.46. The van der Waals surface area contributed by atoms with Crippen LogP contribution in [0.15, 0.2) is 32.8 Å². The second-order valence-electron chi connectivity index (χ2n) is 6.54. The molecule has 0 spiro atoms. The Morgan fingerprint density at radius 3 is 3.00 bits per heavy atom. The minimum atomic E-state index is -0.324. The van der Waals surface area contributed by atoms with Crippen LogP contribution < -0.4 is 10.8 Å². The number of aryl methyl sites for hydroxylation is 1. The molecule has 2 aromatic rings. The first-order valence-electron chi connectivity index (χ1n) is 8.65. The fourth-order valence-corrected chi connectivity index (χ4v) is 3.74. The van der Waals surface area contributed by atoms with E-state index >= 15 is 0 Å². The normalized spacial score (nSPS) is 19.0.